The summed E-state index contributed by atoms with van der Waals surface area (Å²) in [6.07, 6.45) is 4.96. The van der Waals surface area contributed by atoms with E-state index in [1.165, 1.54) is 12.1 Å². The molecule has 0 atom stereocenters. The first kappa shape index (κ1) is 22.9. The van der Waals surface area contributed by atoms with Crippen LogP contribution in [0.5, 0.6) is 0 Å². The molecule has 1 amide bonds. The minimum absolute atomic E-state index is 0.0415. The summed E-state index contributed by atoms with van der Waals surface area (Å²) in [5.41, 5.74) is 3.08. The predicted molar refractivity (Wildman–Crippen MR) is 137 cm³/mol. The number of aryl methyl sites for hydroxylation is 1. The Bertz CT molecular complexity index is 1670. The first-order valence-electron chi connectivity index (χ1n) is 12.0. The van der Waals surface area contributed by atoms with Crippen molar-refractivity contribution in [2.24, 2.45) is 0 Å². The van der Waals surface area contributed by atoms with Crippen molar-refractivity contribution < 1.29 is 18.0 Å². The maximum absolute atomic E-state index is 13.4. The van der Waals surface area contributed by atoms with Crippen LogP contribution in [0.25, 0.3) is 33.1 Å². The van der Waals surface area contributed by atoms with Crippen LogP contribution in [-0.4, -0.2) is 47.0 Å². The molecule has 0 bridgehead atoms. The molecule has 8 nitrogen and oxygen atoms in total. The molecule has 186 valence electrons. The maximum atomic E-state index is 13.4. The molecule has 0 spiro atoms. The van der Waals surface area contributed by atoms with Crippen LogP contribution < -0.4 is 10.5 Å². The lowest BCUT2D eigenvalue weighted by Crippen LogP contribution is -2.49. The third-order valence-electron chi connectivity index (χ3n) is 6.93. The van der Waals surface area contributed by atoms with Crippen LogP contribution in [0.4, 0.5) is 10.3 Å². The Hall–Kier alpha value is -4.53. The van der Waals surface area contributed by atoms with Gasteiger partial charge < -0.3 is 18.6 Å². The second-order valence-electron chi connectivity index (χ2n) is 9.09. The number of hydrogen-bond acceptors (Lipinski definition) is 7. The van der Waals surface area contributed by atoms with Crippen molar-refractivity contribution in [2.45, 2.75) is 13.3 Å². The molecule has 37 heavy (non-hydrogen) atoms. The normalized spacial score (nSPS) is 14.0. The molecule has 5 aromatic rings. The van der Waals surface area contributed by atoms with Gasteiger partial charge in [-0.15, -0.1) is 0 Å². The third-order valence-corrected chi connectivity index (χ3v) is 6.93. The Morgan fingerprint density at radius 1 is 1.00 bits per heavy atom. The molecular formula is C28H23FN4O4. The van der Waals surface area contributed by atoms with Crippen molar-refractivity contribution >= 4 is 33.8 Å². The van der Waals surface area contributed by atoms with Crippen molar-refractivity contribution in [3.63, 3.8) is 0 Å². The van der Waals surface area contributed by atoms with Gasteiger partial charge in [-0.3, -0.25) is 4.79 Å². The second-order valence-corrected chi connectivity index (χ2v) is 9.09. The Kier molecular flexibility index (Phi) is 5.67. The van der Waals surface area contributed by atoms with Crippen LogP contribution in [0.15, 0.2) is 74.8 Å². The zero-order chi connectivity index (χ0) is 25.5. The minimum Gasteiger partial charge on any atom is -0.464 e. The molecule has 3 aromatic heterocycles. The van der Waals surface area contributed by atoms with Gasteiger partial charge in [-0.2, -0.15) is 0 Å². The van der Waals surface area contributed by atoms with E-state index in [0.717, 1.165) is 21.9 Å². The zero-order valence-electron chi connectivity index (χ0n) is 20.1. The van der Waals surface area contributed by atoms with Crippen LogP contribution in [0, 0.1) is 12.7 Å². The van der Waals surface area contributed by atoms with Crippen molar-refractivity contribution in [1.29, 1.82) is 0 Å². The second kappa shape index (κ2) is 9.16. The Morgan fingerprint density at radius 2 is 1.73 bits per heavy atom. The number of fused-ring (bicyclic) bond motifs is 2. The van der Waals surface area contributed by atoms with Gasteiger partial charge in [0.25, 0.3) is 0 Å². The molecule has 0 N–H and O–H groups in total. The summed E-state index contributed by atoms with van der Waals surface area (Å²) in [7, 11) is 0. The smallest absolute Gasteiger partial charge is 0.340 e. The minimum atomic E-state index is -0.528. The number of hydrogen-bond donors (Lipinski definition) is 0. The van der Waals surface area contributed by atoms with Crippen LogP contribution in [-0.2, 0) is 11.2 Å². The van der Waals surface area contributed by atoms with E-state index in [4.69, 9.17) is 8.83 Å². The lowest BCUT2D eigenvalue weighted by molar-refractivity contribution is -0.130. The molecule has 6 rings (SSSR count). The van der Waals surface area contributed by atoms with Crippen LogP contribution in [0.3, 0.4) is 0 Å². The monoisotopic (exact) mass is 498 g/mol. The molecule has 1 aliphatic rings. The number of carbonyl (C=O) groups is 1. The van der Waals surface area contributed by atoms with Crippen molar-refractivity contribution in [2.75, 3.05) is 31.1 Å². The number of benzene rings is 2. The SMILES string of the molecule is Cc1c(CC(=O)N2CCN(c3ncccn3)CC2)c(=O)oc2cc3occ(-c4ccc(F)cc4)c3cc12. The van der Waals surface area contributed by atoms with Gasteiger partial charge in [-0.05, 0) is 42.3 Å². The number of anilines is 1. The fourth-order valence-electron chi connectivity index (χ4n) is 4.84. The summed E-state index contributed by atoms with van der Waals surface area (Å²) in [5.74, 6) is 0.203. The topological polar surface area (TPSA) is 92.7 Å². The van der Waals surface area contributed by atoms with Gasteiger partial charge in [-0.1, -0.05) is 12.1 Å². The van der Waals surface area contributed by atoms with E-state index in [9.17, 15) is 14.0 Å². The molecule has 9 heteroatoms. The molecule has 4 heterocycles. The van der Waals surface area contributed by atoms with Crippen molar-refractivity contribution in [1.82, 2.24) is 14.9 Å². The van der Waals surface area contributed by atoms with Gasteiger partial charge in [0.1, 0.15) is 17.0 Å². The standard InChI is InChI=1S/C28H23FN4O4/c1-17-20-13-22-23(18-3-5-19(29)6-4-18)16-36-24(22)15-25(20)37-27(35)21(17)14-26(34)32-9-11-33(12-10-32)28-30-7-2-8-31-28/h2-8,13,15-16H,9-12,14H2,1H3. The van der Waals surface area contributed by atoms with Gasteiger partial charge in [0.2, 0.25) is 11.9 Å². The van der Waals surface area contributed by atoms with E-state index >= 15 is 0 Å². The fraction of sp³-hybridized carbons (Fsp3) is 0.214. The highest BCUT2D eigenvalue weighted by molar-refractivity contribution is 6.02. The summed E-state index contributed by atoms with van der Waals surface area (Å²) in [4.78, 5) is 38.4. The molecule has 1 saturated heterocycles. The number of aromatic nitrogens is 2. The average molecular weight is 499 g/mol. The van der Waals surface area contributed by atoms with Crippen LogP contribution in [0.1, 0.15) is 11.1 Å². The molecule has 1 fully saturated rings. The number of nitrogens with zero attached hydrogens (tertiary/aromatic N) is 4. The quantitative estimate of drug-likeness (QED) is 0.341. The van der Waals surface area contributed by atoms with Gasteiger partial charge in [-0.25, -0.2) is 19.2 Å². The molecule has 1 aliphatic heterocycles. The molecular weight excluding hydrogens is 475 g/mol. The van der Waals surface area contributed by atoms with Crippen molar-refractivity contribution in [3.8, 4) is 11.1 Å². The first-order valence-corrected chi connectivity index (χ1v) is 12.0. The summed E-state index contributed by atoms with van der Waals surface area (Å²) in [6, 6.07) is 11.5. The average Bonchev–Trinajstić information content (AvgIpc) is 3.34. The fourth-order valence-corrected chi connectivity index (χ4v) is 4.84. The van der Waals surface area contributed by atoms with Crippen molar-refractivity contribution in [3.05, 3.63) is 88.5 Å². The number of carbonyl (C=O) groups excluding carboxylic acids is 1. The Balaban J connectivity index is 1.28. The summed E-state index contributed by atoms with van der Waals surface area (Å²) < 4.78 is 24.7. The van der Waals surface area contributed by atoms with Gasteiger partial charge in [0.15, 0.2) is 0 Å². The van der Waals surface area contributed by atoms with Gasteiger partial charge in [0, 0.05) is 61.0 Å². The number of piperazine rings is 1. The highest BCUT2D eigenvalue weighted by Crippen LogP contribution is 2.34. The lowest BCUT2D eigenvalue weighted by atomic mass is 9.99. The molecule has 0 unspecified atom stereocenters. The van der Waals surface area contributed by atoms with E-state index in [2.05, 4.69) is 9.97 Å². The van der Waals surface area contributed by atoms with E-state index < -0.39 is 5.63 Å². The highest BCUT2D eigenvalue weighted by Gasteiger charge is 2.25. The number of halogens is 1. The highest BCUT2D eigenvalue weighted by atomic mass is 19.1. The summed E-state index contributed by atoms with van der Waals surface area (Å²) >= 11 is 0. The van der Waals surface area contributed by atoms with E-state index in [1.54, 1.807) is 47.8 Å². The maximum Gasteiger partial charge on any atom is 0.340 e. The molecule has 2 aromatic carbocycles. The molecule has 0 radical (unpaired) electrons. The van der Waals surface area contributed by atoms with Gasteiger partial charge in [0.05, 0.1) is 18.2 Å². The van der Waals surface area contributed by atoms with E-state index in [0.29, 0.717) is 54.4 Å². The Morgan fingerprint density at radius 3 is 2.46 bits per heavy atom. The number of furan rings is 1. The van der Waals surface area contributed by atoms with Gasteiger partial charge >= 0.3 is 5.63 Å². The lowest BCUT2D eigenvalue weighted by Gasteiger charge is -2.34. The summed E-state index contributed by atoms with van der Waals surface area (Å²) in [5, 5.41) is 1.54. The van der Waals surface area contributed by atoms with Crippen LogP contribution >= 0.6 is 0 Å². The number of amides is 1. The van der Waals surface area contributed by atoms with E-state index in [1.807, 2.05) is 17.9 Å². The largest absolute Gasteiger partial charge is 0.464 e. The Labute approximate surface area is 211 Å². The zero-order valence-corrected chi connectivity index (χ0v) is 20.1. The van der Waals surface area contributed by atoms with Crippen LogP contribution in [0.2, 0.25) is 0 Å². The third kappa shape index (κ3) is 4.22. The first-order chi connectivity index (χ1) is 18.0. The summed E-state index contributed by atoms with van der Waals surface area (Å²) in [6.45, 7) is 4.10. The van der Waals surface area contributed by atoms with E-state index in [-0.39, 0.29) is 18.1 Å². The molecule has 0 aliphatic carbocycles. The molecule has 0 saturated carbocycles. The predicted octanol–water partition coefficient (Wildman–Crippen LogP) is 4.34. The number of rotatable bonds is 4.